The molecule has 0 aromatic carbocycles. The Kier molecular flexibility index (Phi) is 3.14. The molecule has 0 aliphatic carbocycles. The number of hydrogen-bond donors (Lipinski definition) is 2. The summed E-state index contributed by atoms with van der Waals surface area (Å²) in [5.41, 5.74) is 2.49. The van der Waals surface area contributed by atoms with Crippen LogP contribution in [0.25, 0.3) is 11.4 Å². The number of imidazole rings is 1. The van der Waals surface area contributed by atoms with Crippen LogP contribution in [-0.2, 0) is 0 Å². The average molecular weight is 272 g/mol. The van der Waals surface area contributed by atoms with Crippen LogP contribution in [0.1, 0.15) is 29.0 Å². The average Bonchev–Trinajstić information content (AvgIpc) is 3.08. The third-order valence-corrected chi connectivity index (χ3v) is 3.56. The third-order valence-electron chi connectivity index (χ3n) is 3.56. The van der Waals surface area contributed by atoms with Crippen LogP contribution in [0.4, 0.5) is 5.69 Å². The number of anilines is 1. The summed E-state index contributed by atoms with van der Waals surface area (Å²) in [5, 5.41) is 9.05. The highest BCUT2D eigenvalue weighted by molar-refractivity contribution is 5.87. The largest absolute Gasteiger partial charge is 0.476 e. The minimum absolute atomic E-state index is 0.0616. The van der Waals surface area contributed by atoms with Crippen LogP contribution in [0.5, 0.6) is 0 Å². The minimum Gasteiger partial charge on any atom is -0.476 e. The molecule has 0 saturated carbocycles. The van der Waals surface area contributed by atoms with Crippen LogP contribution in [0.3, 0.4) is 0 Å². The lowest BCUT2D eigenvalue weighted by Gasteiger charge is -2.17. The highest BCUT2D eigenvalue weighted by atomic mass is 16.4. The first-order valence-electron chi connectivity index (χ1n) is 6.65. The molecule has 0 radical (unpaired) electrons. The second kappa shape index (κ2) is 4.96. The topological polar surface area (TPSA) is 82.1 Å². The van der Waals surface area contributed by atoms with Crippen LogP contribution in [-0.4, -0.2) is 39.1 Å². The zero-order valence-corrected chi connectivity index (χ0v) is 11.3. The molecule has 1 saturated heterocycles. The Bertz CT molecular complexity index is 644. The van der Waals surface area contributed by atoms with Gasteiger partial charge in [-0.05, 0) is 25.8 Å². The highest BCUT2D eigenvalue weighted by Crippen LogP contribution is 2.24. The summed E-state index contributed by atoms with van der Waals surface area (Å²) in [6.45, 7) is 3.79. The van der Waals surface area contributed by atoms with Crippen molar-refractivity contribution in [3.8, 4) is 11.4 Å². The molecule has 2 aromatic heterocycles. The van der Waals surface area contributed by atoms with Crippen LogP contribution >= 0.6 is 0 Å². The van der Waals surface area contributed by atoms with E-state index in [1.807, 2.05) is 12.3 Å². The van der Waals surface area contributed by atoms with E-state index in [1.54, 1.807) is 13.1 Å². The maximum Gasteiger partial charge on any atom is 0.356 e. The molecule has 6 heteroatoms. The number of aryl methyl sites for hydroxylation is 1. The quantitative estimate of drug-likeness (QED) is 0.894. The van der Waals surface area contributed by atoms with Gasteiger partial charge in [0, 0.05) is 30.5 Å². The molecule has 0 atom stereocenters. The predicted molar refractivity (Wildman–Crippen MR) is 75.0 cm³/mol. The number of pyridine rings is 1. The summed E-state index contributed by atoms with van der Waals surface area (Å²) in [7, 11) is 0. The maximum atomic E-state index is 11.0. The Hall–Kier alpha value is -2.37. The lowest BCUT2D eigenvalue weighted by atomic mass is 10.2. The Balaban J connectivity index is 1.95. The molecule has 1 aliphatic heterocycles. The molecule has 104 valence electrons. The van der Waals surface area contributed by atoms with Crippen molar-refractivity contribution < 1.29 is 9.90 Å². The number of carboxylic acids is 1. The van der Waals surface area contributed by atoms with E-state index in [1.165, 1.54) is 12.8 Å². The van der Waals surface area contributed by atoms with E-state index in [2.05, 4.69) is 19.9 Å². The molecular formula is C14H16N4O2. The normalized spacial score (nSPS) is 14.8. The van der Waals surface area contributed by atoms with Gasteiger partial charge >= 0.3 is 5.97 Å². The van der Waals surface area contributed by atoms with Crippen molar-refractivity contribution in [3.63, 3.8) is 0 Å². The van der Waals surface area contributed by atoms with Gasteiger partial charge in [0.1, 0.15) is 5.82 Å². The van der Waals surface area contributed by atoms with Gasteiger partial charge in [-0.25, -0.2) is 9.78 Å². The maximum absolute atomic E-state index is 11.0. The lowest BCUT2D eigenvalue weighted by molar-refractivity contribution is 0.0690. The van der Waals surface area contributed by atoms with Gasteiger partial charge < -0.3 is 15.0 Å². The van der Waals surface area contributed by atoms with E-state index in [-0.39, 0.29) is 5.69 Å². The second-order valence-electron chi connectivity index (χ2n) is 4.99. The minimum atomic E-state index is -1.02. The molecule has 0 spiro atoms. The number of hydrogen-bond acceptors (Lipinski definition) is 4. The van der Waals surface area contributed by atoms with Gasteiger partial charge in [0.25, 0.3) is 0 Å². The van der Waals surface area contributed by atoms with Crippen molar-refractivity contribution in [2.45, 2.75) is 19.8 Å². The number of aromatic nitrogens is 3. The van der Waals surface area contributed by atoms with Crippen LogP contribution < -0.4 is 4.90 Å². The molecular weight excluding hydrogens is 256 g/mol. The summed E-state index contributed by atoms with van der Waals surface area (Å²) in [6.07, 6.45) is 5.94. The van der Waals surface area contributed by atoms with Crippen LogP contribution in [0.15, 0.2) is 18.5 Å². The summed E-state index contributed by atoms with van der Waals surface area (Å²) in [6, 6.07) is 2.00. The first-order valence-corrected chi connectivity index (χ1v) is 6.65. The number of carbonyl (C=O) groups is 1. The van der Waals surface area contributed by atoms with Crippen molar-refractivity contribution >= 4 is 11.7 Å². The monoisotopic (exact) mass is 272 g/mol. The second-order valence-corrected chi connectivity index (χ2v) is 4.99. The SMILES string of the molecule is Cc1[nH]c(-c2cncc(N3CCCC3)c2)nc1C(=O)O. The Morgan fingerprint density at radius 2 is 2.10 bits per heavy atom. The van der Waals surface area contributed by atoms with E-state index in [0.29, 0.717) is 11.5 Å². The number of nitrogens with one attached hydrogen (secondary N) is 1. The summed E-state index contributed by atoms with van der Waals surface area (Å²) in [4.78, 5) is 24.7. The lowest BCUT2D eigenvalue weighted by Crippen LogP contribution is -2.17. The molecule has 1 aliphatic rings. The van der Waals surface area contributed by atoms with E-state index >= 15 is 0 Å². The molecule has 2 N–H and O–H groups in total. The van der Waals surface area contributed by atoms with Crippen molar-refractivity contribution in [1.29, 1.82) is 0 Å². The molecule has 3 rings (SSSR count). The van der Waals surface area contributed by atoms with Gasteiger partial charge in [-0.15, -0.1) is 0 Å². The van der Waals surface area contributed by atoms with E-state index in [9.17, 15) is 4.79 Å². The molecule has 0 amide bonds. The van der Waals surface area contributed by atoms with E-state index in [4.69, 9.17) is 5.11 Å². The summed E-state index contributed by atoms with van der Waals surface area (Å²) >= 11 is 0. The smallest absolute Gasteiger partial charge is 0.356 e. The van der Waals surface area contributed by atoms with Crippen molar-refractivity contribution in [1.82, 2.24) is 15.0 Å². The highest BCUT2D eigenvalue weighted by Gasteiger charge is 2.17. The van der Waals surface area contributed by atoms with Crippen LogP contribution in [0, 0.1) is 6.92 Å². The fraction of sp³-hybridized carbons (Fsp3) is 0.357. The van der Waals surface area contributed by atoms with Gasteiger partial charge in [-0.3, -0.25) is 4.98 Å². The molecule has 1 fully saturated rings. The number of aromatic amines is 1. The molecule has 20 heavy (non-hydrogen) atoms. The van der Waals surface area contributed by atoms with Gasteiger partial charge in [-0.2, -0.15) is 0 Å². The van der Waals surface area contributed by atoms with Crippen molar-refractivity contribution in [2.75, 3.05) is 18.0 Å². The third kappa shape index (κ3) is 2.24. The Morgan fingerprint density at radius 3 is 2.75 bits per heavy atom. The zero-order chi connectivity index (χ0) is 14.1. The van der Waals surface area contributed by atoms with E-state index < -0.39 is 5.97 Å². The van der Waals surface area contributed by atoms with Gasteiger partial charge in [-0.1, -0.05) is 0 Å². The van der Waals surface area contributed by atoms with Gasteiger partial charge in [0.15, 0.2) is 5.69 Å². The molecule has 0 bridgehead atoms. The summed E-state index contributed by atoms with van der Waals surface area (Å²) < 4.78 is 0. The first-order chi connectivity index (χ1) is 9.65. The van der Waals surface area contributed by atoms with Crippen LogP contribution in [0.2, 0.25) is 0 Å². The Labute approximate surface area is 116 Å². The molecule has 0 unspecified atom stereocenters. The number of H-pyrrole nitrogens is 1. The molecule has 2 aromatic rings. The number of nitrogens with zero attached hydrogens (tertiary/aromatic N) is 3. The fourth-order valence-electron chi connectivity index (χ4n) is 2.51. The number of carboxylic acid groups (broad SMARTS) is 1. The van der Waals surface area contributed by atoms with Crippen molar-refractivity contribution in [2.24, 2.45) is 0 Å². The molecule has 6 nitrogen and oxygen atoms in total. The Morgan fingerprint density at radius 1 is 1.35 bits per heavy atom. The number of aromatic carboxylic acids is 1. The first kappa shape index (κ1) is 12.7. The van der Waals surface area contributed by atoms with Crippen molar-refractivity contribution in [3.05, 3.63) is 29.8 Å². The van der Waals surface area contributed by atoms with Gasteiger partial charge in [0.05, 0.1) is 11.9 Å². The van der Waals surface area contributed by atoms with E-state index in [0.717, 1.165) is 24.3 Å². The predicted octanol–water partition coefficient (Wildman–Crippen LogP) is 2.08. The number of rotatable bonds is 3. The molecule has 3 heterocycles. The zero-order valence-electron chi connectivity index (χ0n) is 11.3. The standard InChI is InChI=1S/C14H16N4O2/c1-9-12(14(19)20)17-13(16-9)10-6-11(8-15-7-10)18-4-2-3-5-18/h6-8H,2-5H2,1H3,(H,16,17)(H,19,20). The fourth-order valence-corrected chi connectivity index (χ4v) is 2.51. The van der Waals surface area contributed by atoms with Gasteiger partial charge in [0.2, 0.25) is 0 Å². The summed E-state index contributed by atoms with van der Waals surface area (Å²) in [5.74, 6) is -0.470.